The fourth-order valence-corrected chi connectivity index (χ4v) is 3.14. The second kappa shape index (κ2) is 5.67. The molecule has 2 nitrogen and oxygen atoms in total. The van der Waals surface area contributed by atoms with Crippen LogP contribution >= 0.6 is 27.3 Å². The Morgan fingerprint density at radius 2 is 2.11 bits per heavy atom. The SMILES string of the molecule is Cc1cccc(C(=O)NCc2sccc2Br)c1C. The van der Waals surface area contributed by atoms with Crippen LogP contribution in [0.4, 0.5) is 0 Å². The summed E-state index contributed by atoms with van der Waals surface area (Å²) in [5, 5.41) is 4.96. The topological polar surface area (TPSA) is 29.1 Å². The summed E-state index contributed by atoms with van der Waals surface area (Å²) in [6.45, 7) is 4.55. The summed E-state index contributed by atoms with van der Waals surface area (Å²) in [6, 6.07) is 7.78. The highest BCUT2D eigenvalue weighted by Crippen LogP contribution is 2.22. The normalized spacial score (nSPS) is 10.4. The molecular formula is C14H14BrNOS. The van der Waals surface area contributed by atoms with Crippen molar-refractivity contribution in [2.45, 2.75) is 20.4 Å². The molecule has 0 aliphatic carbocycles. The Labute approximate surface area is 119 Å². The van der Waals surface area contributed by atoms with Crippen LogP contribution in [0, 0.1) is 13.8 Å². The van der Waals surface area contributed by atoms with E-state index in [0.29, 0.717) is 6.54 Å². The third-order valence-corrected chi connectivity index (χ3v) is 4.88. The Kier molecular flexibility index (Phi) is 4.19. The molecule has 1 heterocycles. The third-order valence-electron chi connectivity index (χ3n) is 2.95. The second-order valence-electron chi connectivity index (χ2n) is 4.12. The molecule has 0 saturated carbocycles. The summed E-state index contributed by atoms with van der Waals surface area (Å²) in [5.41, 5.74) is 2.93. The lowest BCUT2D eigenvalue weighted by Crippen LogP contribution is -2.23. The first-order chi connectivity index (χ1) is 8.59. The summed E-state index contributed by atoms with van der Waals surface area (Å²) in [4.78, 5) is 13.2. The number of amides is 1. The van der Waals surface area contributed by atoms with Crippen molar-refractivity contribution in [3.8, 4) is 0 Å². The summed E-state index contributed by atoms with van der Waals surface area (Å²) in [5.74, 6) is -0.0171. The minimum Gasteiger partial charge on any atom is -0.347 e. The lowest BCUT2D eigenvalue weighted by atomic mass is 10.0. The molecule has 2 rings (SSSR count). The van der Waals surface area contributed by atoms with Crippen LogP contribution in [-0.4, -0.2) is 5.91 Å². The van der Waals surface area contributed by atoms with Gasteiger partial charge in [-0.1, -0.05) is 12.1 Å². The van der Waals surface area contributed by atoms with Gasteiger partial charge in [0, 0.05) is 14.9 Å². The Balaban J connectivity index is 2.09. The van der Waals surface area contributed by atoms with Crippen LogP contribution in [0.15, 0.2) is 34.1 Å². The first kappa shape index (κ1) is 13.3. The van der Waals surface area contributed by atoms with E-state index in [1.165, 1.54) is 0 Å². The zero-order chi connectivity index (χ0) is 13.1. The van der Waals surface area contributed by atoms with E-state index < -0.39 is 0 Å². The van der Waals surface area contributed by atoms with Crippen LogP contribution in [0.1, 0.15) is 26.4 Å². The van der Waals surface area contributed by atoms with Crippen LogP contribution in [-0.2, 0) is 6.54 Å². The average molecular weight is 324 g/mol. The minimum atomic E-state index is -0.0171. The highest BCUT2D eigenvalue weighted by atomic mass is 79.9. The standard InChI is InChI=1S/C14H14BrNOS/c1-9-4-3-5-11(10(9)2)14(17)16-8-13-12(15)6-7-18-13/h3-7H,8H2,1-2H3,(H,16,17). The molecule has 4 heteroatoms. The van der Waals surface area contributed by atoms with Gasteiger partial charge in [0.1, 0.15) is 0 Å². The van der Waals surface area contributed by atoms with E-state index >= 15 is 0 Å². The van der Waals surface area contributed by atoms with E-state index in [1.807, 2.05) is 43.5 Å². The predicted octanol–water partition coefficient (Wildman–Crippen LogP) is 4.06. The molecule has 1 aromatic heterocycles. The van der Waals surface area contributed by atoms with Gasteiger partial charge >= 0.3 is 0 Å². The second-order valence-corrected chi connectivity index (χ2v) is 5.98. The van der Waals surface area contributed by atoms with Gasteiger partial charge in [-0.25, -0.2) is 0 Å². The number of carbonyl (C=O) groups excluding carboxylic acids is 1. The van der Waals surface area contributed by atoms with Crippen molar-refractivity contribution in [1.82, 2.24) is 5.32 Å². The number of thiophene rings is 1. The number of rotatable bonds is 3. The van der Waals surface area contributed by atoms with Crippen LogP contribution < -0.4 is 5.32 Å². The summed E-state index contributed by atoms with van der Waals surface area (Å²) in [6.07, 6.45) is 0. The van der Waals surface area contributed by atoms with Crippen LogP contribution in [0.25, 0.3) is 0 Å². The first-order valence-electron chi connectivity index (χ1n) is 5.66. The maximum atomic E-state index is 12.1. The molecule has 0 fully saturated rings. The number of hydrogen-bond acceptors (Lipinski definition) is 2. The van der Waals surface area contributed by atoms with Crippen LogP contribution in [0.2, 0.25) is 0 Å². The van der Waals surface area contributed by atoms with Crippen molar-refractivity contribution in [3.63, 3.8) is 0 Å². The minimum absolute atomic E-state index is 0.0171. The molecule has 94 valence electrons. The van der Waals surface area contributed by atoms with Crippen molar-refractivity contribution in [3.05, 3.63) is 55.7 Å². The van der Waals surface area contributed by atoms with E-state index in [-0.39, 0.29) is 5.91 Å². The average Bonchev–Trinajstić information content (AvgIpc) is 2.75. The molecule has 0 aliphatic heterocycles. The molecular weight excluding hydrogens is 310 g/mol. The summed E-state index contributed by atoms with van der Waals surface area (Å²) in [7, 11) is 0. The molecule has 0 radical (unpaired) electrons. The smallest absolute Gasteiger partial charge is 0.251 e. The predicted molar refractivity (Wildman–Crippen MR) is 79.1 cm³/mol. The highest BCUT2D eigenvalue weighted by Gasteiger charge is 2.10. The van der Waals surface area contributed by atoms with Gasteiger partial charge in [-0.15, -0.1) is 11.3 Å². The quantitative estimate of drug-likeness (QED) is 0.906. The molecule has 1 N–H and O–H groups in total. The maximum Gasteiger partial charge on any atom is 0.251 e. The molecule has 18 heavy (non-hydrogen) atoms. The van der Waals surface area contributed by atoms with E-state index in [2.05, 4.69) is 21.2 Å². The monoisotopic (exact) mass is 323 g/mol. The van der Waals surface area contributed by atoms with E-state index in [9.17, 15) is 4.79 Å². The zero-order valence-corrected chi connectivity index (χ0v) is 12.7. The fourth-order valence-electron chi connectivity index (χ4n) is 1.70. The Morgan fingerprint density at radius 1 is 1.33 bits per heavy atom. The number of hydrogen-bond donors (Lipinski definition) is 1. The maximum absolute atomic E-state index is 12.1. The van der Waals surface area contributed by atoms with Crippen LogP contribution in [0.3, 0.4) is 0 Å². The molecule has 0 saturated heterocycles. The molecule has 0 spiro atoms. The summed E-state index contributed by atoms with van der Waals surface area (Å²) < 4.78 is 1.05. The number of halogens is 1. The fraction of sp³-hybridized carbons (Fsp3) is 0.214. The lowest BCUT2D eigenvalue weighted by Gasteiger charge is -2.09. The first-order valence-corrected chi connectivity index (χ1v) is 7.33. The summed E-state index contributed by atoms with van der Waals surface area (Å²) >= 11 is 5.09. The zero-order valence-electron chi connectivity index (χ0n) is 10.3. The van der Waals surface area contributed by atoms with Crippen molar-refractivity contribution in [2.24, 2.45) is 0 Å². The van der Waals surface area contributed by atoms with Crippen LogP contribution in [0.5, 0.6) is 0 Å². The highest BCUT2D eigenvalue weighted by molar-refractivity contribution is 9.10. The molecule has 0 unspecified atom stereocenters. The Morgan fingerprint density at radius 3 is 2.78 bits per heavy atom. The number of nitrogens with one attached hydrogen (secondary N) is 1. The Bertz CT molecular complexity index is 577. The van der Waals surface area contributed by atoms with Gasteiger partial charge in [0.25, 0.3) is 5.91 Å². The number of carbonyl (C=O) groups is 1. The van der Waals surface area contributed by atoms with Crippen molar-refractivity contribution < 1.29 is 4.79 Å². The van der Waals surface area contributed by atoms with Gasteiger partial charge in [0.15, 0.2) is 0 Å². The third kappa shape index (κ3) is 2.82. The van der Waals surface area contributed by atoms with E-state index in [0.717, 1.165) is 26.0 Å². The van der Waals surface area contributed by atoms with Gasteiger partial charge in [-0.3, -0.25) is 4.79 Å². The molecule has 0 bridgehead atoms. The Hall–Kier alpha value is -1.13. The number of aryl methyl sites for hydroxylation is 1. The van der Waals surface area contributed by atoms with Gasteiger partial charge < -0.3 is 5.32 Å². The molecule has 1 amide bonds. The van der Waals surface area contributed by atoms with Crippen molar-refractivity contribution in [2.75, 3.05) is 0 Å². The van der Waals surface area contributed by atoms with Crippen molar-refractivity contribution in [1.29, 1.82) is 0 Å². The molecule has 2 aromatic rings. The largest absolute Gasteiger partial charge is 0.347 e. The lowest BCUT2D eigenvalue weighted by molar-refractivity contribution is 0.0950. The van der Waals surface area contributed by atoms with E-state index in [1.54, 1.807) is 11.3 Å². The van der Waals surface area contributed by atoms with Gasteiger partial charge in [-0.2, -0.15) is 0 Å². The molecule has 0 aliphatic rings. The van der Waals surface area contributed by atoms with Crippen molar-refractivity contribution >= 4 is 33.2 Å². The molecule has 1 aromatic carbocycles. The van der Waals surface area contributed by atoms with E-state index in [4.69, 9.17) is 0 Å². The van der Waals surface area contributed by atoms with Gasteiger partial charge in [-0.05, 0) is 58.4 Å². The van der Waals surface area contributed by atoms with Gasteiger partial charge in [0.2, 0.25) is 0 Å². The number of benzene rings is 1. The molecule has 0 atom stereocenters. The van der Waals surface area contributed by atoms with Gasteiger partial charge in [0.05, 0.1) is 6.54 Å².